The Labute approximate surface area is 62.4 Å². The third-order valence-electron chi connectivity index (χ3n) is 0.882. The van der Waals surface area contributed by atoms with Crippen molar-refractivity contribution >= 4 is 0 Å². The fraction of sp³-hybridized carbons (Fsp3) is 0.500. The van der Waals surface area contributed by atoms with Gasteiger partial charge in [-0.05, 0) is 12.8 Å². The average molecular weight is 138 g/mol. The minimum absolute atomic E-state index is 1.01. The van der Waals surface area contributed by atoms with Crippen molar-refractivity contribution in [2.75, 3.05) is 0 Å². The van der Waals surface area contributed by atoms with Crippen LogP contribution < -0.4 is 0 Å². The molecule has 0 aliphatic carbocycles. The van der Waals surface area contributed by atoms with Crippen LogP contribution in [0.2, 0.25) is 0 Å². The summed E-state index contributed by atoms with van der Waals surface area (Å²) < 4.78 is 0. The molecule has 0 bridgehead atoms. The Kier molecular flexibility index (Phi) is 7.34. The first-order valence-corrected chi connectivity index (χ1v) is 3.61. The number of nitrogens with zero attached hydrogens (tertiary/aromatic N) is 2. The Morgan fingerprint density at radius 3 is 1.60 bits per heavy atom. The van der Waals surface area contributed by atoms with Crippen LogP contribution in [0, 0.1) is 0 Å². The summed E-state index contributed by atoms with van der Waals surface area (Å²) in [6, 6.07) is 0. The lowest BCUT2D eigenvalue weighted by atomic mass is 10.5. The van der Waals surface area contributed by atoms with Crippen LogP contribution in [0.15, 0.2) is 34.8 Å². The number of hydrogen-bond donors (Lipinski definition) is 0. The summed E-state index contributed by atoms with van der Waals surface area (Å²) in [5.41, 5.74) is 0. The summed E-state index contributed by atoms with van der Waals surface area (Å²) in [4.78, 5) is 0. The highest BCUT2D eigenvalue weighted by Gasteiger charge is 1.63. The smallest absolute Gasteiger partial charge is 0.0455 e. The summed E-state index contributed by atoms with van der Waals surface area (Å²) in [6.07, 6.45) is 9.36. The molecule has 10 heavy (non-hydrogen) atoms. The molecule has 0 saturated heterocycles. The molecule has 0 saturated carbocycles. The van der Waals surface area contributed by atoms with E-state index in [1.165, 1.54) is 0 Å². The summed E-state index contributed by atoms with van der Waals surface area (Å²) in [5, 5.41) is 7.51. The lowest BCUT2D eigenvalue weighted by Crippen LogP contribution is -1.52. The van der Waals surface area contributed by atoms with Crippen molar-refractivity contribution in [3.63, 3.8) is 0 Å². The summed E-state index contributed by atoms with van der Waals surface area (Å²) >= 11 is 0. The third-order valence-corrected chi connectivity index (χ3v) is 0.882. The summed E-state index contributed by atoms with van der Waals surface area (Å²) in [6.45, 7) is 4.13. The maximum atomic E-state index is 3.76. The second-order valence-corrected chi connectivity index (χ2v) is 1.82. The van der Waals surface area contributed by atoms with Gasteiger partial charge >= 0.3 is 0 Å². The first-order chi connectivity index (χ1) is 4.91. The zero-order valence-electron chi connectivity index (χ0n) is 6.62. The molecule has 0 aromatic rings. The monoisotopic (exact) mass is 138 g/mol. The van der Waals surface area contributed by atoms with Gasteiger partial charge in [-0.2, -0.15) is 10.2 Å². The zero-order chi connectivity index (χ0) is 7.66. The van der Waals surface area contributed by atoms with Gasteiger partial charge in [0.05, 0.1) is 0 Å². The van der Waals surface area contributed by atoms with E-state index < -0.39 is 0 Å². The zero-order valence-corrected chi connectivity index (χ0v) is 6.62. The minimum atomic E-state index is 1.01. The van der Waals surface area contributed by atoms with E-state index in [-0.39, 0.29) is 0 Å². The van der Waals surface area contributed by atoms with Gasteiger partial charge < -0.3 is 0 Å². The number of hydrogen-bond acceptors (Lipinski definition) is 2. The Morgan fingerprint density at radius 1 is 0.900 bits per heavy atom. The van der Waals surface area contributed by atoms with E-state index in [0.717, 1.165) is 12.8 Å². The summed E-state index contributed by atoms with van der Waals surface area (Å²) in [5.74, 6) is 0. The number of rotatable bonds is 4. The van der Waals surface area contributed by atoms with Crippen molar-refractivity contribution < 1.29 is 0 Å². The van der Waals surface area contributed by atoms with Gasteiger partial charge in [-0.3, -0.25) is 0 Å². The third kappa shape index (κ3) is 7.08. The quantitative estimate of drug-likeness (QED) is 0.532. The molecular formula is C8H14N2. The predicted molar refractivity (Wildman–Crippen MR) is 43.7 cm³/mol. The van der Waals surface area contributed by atoms with Crippen LogP contribution in [0.4, 0.5) is 0 Å². The van der Waals surface area contributed by atoms with Crippen LogP contribution in [0.5, 0.6) is 0 Å². The lowest BCUT2D eigenvalue weighted by molar-refractivity contribution is 1.14. The first kappa shape index (κ1) is 9.08. The van der Waals surface area contributed by atoms with Crippen LogP contribution in [-0.2, 0) is 0 Å². The molecule has 0 heterocycles. The van der Waals surface area contributed by atoms with Gasteiger partial charge in [0.25, 0.3) is 0 Å². The lowest BCUT2D eigenvalue weighted by Gasteiger charge is -1.74. The molecule has 0 aliphatic rings. The van der Waals surface area contributed by atoms with Crippen LogP contribution in [0.3, 0.4) is 0 Å². The molecule has 0 radical (unpaired) electrons. The predicted octanol–water partition coefficient (Wildman–Crippen LogP) is 3.29. The van der Waals surface area contributed by atoms with Gasteiger partial charge in [0, 0.05) is 12.4 Å². The largest absolute Gasteiger partial charge is 0.160 e. The van der Waals surface area contributed by atoms with Gasteiger partial charge in [-0.1, -0.05) is 26.0 Å². The normalized spacial score (nSPS) is 12.6. The van der Waals surface area contributed by atoms with Crippen LogP contribution >= 0.6 is 0 Å². The van der Waals surface area contributed by atoms with Gasteiger partial charge in [0.15, 0.2) is 0 Å². The Bertz CT molecular complexity index is 118. The van der Waals surface area contributed by atoms with Crippen molar-refractivity contribution in [3.8, 4) is 0 Å². The van der Waals surface area contributed by atoms with Crippen LogP contribution in [-0.4, -0.2) is 0 Å². The van der Waals surface area contributed by atoms with Gasteiger partial charge in [0.2, 0.25) is 0 Å². The highest BCUT2D eigenvalue weighted by atomic mass is 15.1. The molecular weight excluding hydrogens is 124 g/mol. The minimum Gasteiger partial charge on any atom is -0.160 e. The van der Waals surface area contributed by atoms with Crippen molar-refractivity contribution in [2.45, 2.75) is 26.7 Å². The van der Waals surface area contributed by atoms with E-state index in [4.69, 9.17) is 0 Å². The summed E-state index contributed by atoms with van der Waals surface area (Å²) in [7, 11) is 0. The molecule has 0 rings (SSSR count). The maximum absolute atomic E-state index is 3.76. The highest BCUT2D eigenvalue weighted by Crippen LogP contribution is 1.85. The van der Waals surface area contributed by atoms with Crippen LogP contribution in [0.25, 0.3) is 0 Å². The number of allylic oxidation sites excluding steroid dienone is 2. The fourth-order valence-corrected chi connectivity index (χ4v) is 0.382. The maximum Gasteiger partial charge on any atom is 0.0455 e. The Hall–Kier alpha value is -0.920. The van der Waals surface area contributed by atoms with Gasteiger partial charge in [-0.25, -0.2) is 0 Å². The Morgan fingerprint density at radius 2 is 1.30 bits per heavy atom. The molecule has 0 spiro atoms. The van der Waals surface area contributed by atoms with Crippen molar-refractivity contribution in [3.05, 3.63) is 24.6 Å². The van der Waals surface area contributed by atoms with E-state index in [1.54, 1.807) is 12.4 Å². The molecule has 0 aromatic carbocycles. The van der Waals surface area contributed by atoms with E-state index in [2.05, 4.69) is 24.1 Å². The second kappa shape index (κ2) is 8.08. The first-order valence-electron chi connectivity index (χ1n) is 3.61. The topological polar surface area (TPSA) is 24.7 Å². The molecule has 0 atom stereocenters. The SMILES string of the molecule is CC\C=C/N=N\C=C/CC. The van der Waals surface area contributed by atoms with Gasteiger partial charge in [-0.15, -0.1) is 0 Å². The molecule has 2 heteroatoms. The molecule has 0 N–H and O–H groups in total. The van der Waals surface area contributed by atoms with Crippen molar-refractivity contribution in [1.29, 1.82) is 0 Å². The molecule has 0 unspecified atom stereocenters. The fourth-order valence-electron chi connectivity index (χ4n) is 0.382. The molecule has 2 nitrogen and oxygen atoms in total. The molecule has 0 fully saturated rings. The van der Waals surface area contributed by atoms with Crippen LogP contribution in [0.1, 0.15) is 26.7 Å². The second-order valence-electron chi connectivity index (χ2n) is 1.82. The van der Waals surface area contributed by atoms with E-state index in [9.17, 15) is 0 Å². The average Bonchev–Trinajstić information content (AvgIpc) is 1.97. The van der Waals surface area contributed by atoms with Crippen molar-refractivity contribution in [1.82, 2.24) is 0 Å². The molecule has 56 valence electrons. The van der Waals surface area contributed by atoms with Gasteiger partial charge in [0.1, 0.15) is 0 Å². The molecule has 0 amide bonds. The van der Waals surface area contributed by atoms with E-state index >= 15 is 0 Å². The Balaban J connectivity index is 3.37. The molecule has 0 aromatic heterocycles. The molecule has 0 aliphatic heterocycles. The van der Waals surface area contributed by atoms with E-state index in [1.807, 2.05) is 12.2 Å². The number of azo groups is 1. The van der Waals surface area contributed by atoms with E-state index in [0.29, 0.717) is 0 Å². The standard InChI is InChI=1S/C8H14N2/c1-3-5-7-9-10-8-6-4-2/h5-8H,3-4H2,1-2H3/b7-5-,8-6-,10-9-. The van der Waals surface area contributed by atoms with Crippen molar-refractivity contribution in [2.24, 2.45) is 10.2 Å². The highest BCUT2D eigenvalue weighted by molar-refractivity contribution is 4.80.